The Morgan fingerprint density at radius 2 is 2.29 bits per heavy atom. The number of alkyl halides is 1. The van der Waals surface area contributed by atoms with Gasteiger partial charge >= 0.3 is 0 Å². The van der Waals surface area contributed by atoms with E-state index in [4.69, 9.17) is 11.6 Å². The van der Waals surface area contributed by atoms with Crippen LogP contribution in [-0.2, 0) is 6.54 Å². The van der Waals surface area contributed by atoms with Gasteiger partial charge in [-0.3, -0.25) is 0 Å². The van der Waals surface area contributed by atoms with Crippen LogP contribution in [0.4, 0.5) is 0 Å². The Morgan fingerprint density at radius 3 is 2.93 bits per heavy atom. The summed E-state index contributed by atoms with van der Waals surface area (Å²) in [5, 5.41) is 3.37. The standard InChI is InChI=1S/C11H15BrClN/c1-9(6-13)7-14-8-10-3-2-4-11(12)5-10/h2-5,9,14H,6-8H2,1H3. The normalized spacial score (nSPS) is 12.8. The highest BCUT2D eigenvalue weighted by Crippen LogP contribution is 2.11. The maximum Gasteiger partial charge on any atom is 0.0261 e. The summed E-state index contributed by atoms with van der Waals surface area (Å²) in [7, 11) is 0. The lowest BCUT2D eigenvalue weighted by molar-refractivity contribution is 0.557. The Labute approximate surface area is 99.0 Å². The topological polar surface area (TPSA) is 12.0 Å². The van der Waals surface area contributed by atoms with Gasteiger partial charge in [0.05, 0.1) is 0 Å². The van der Waals surface area contributed by atoms with Gasteiger partial charge in [-0.1, -0.05) is 35.0 Å². The zero-order valence-corrected chi connectivity index (χ0v) is 10.6. The van der Waals surface area contributed by atoms with Crippen LogP contribution >= 0.6 is 27.5 Å². The molecule has 14 heavy (non-hydrogen) atoms. The van der Waals surface area contributed by atoms with Gasteiger partial charge in [-0.15, -0.1) is 11.6 Å². The second-order valence-corrected chi connectivity index (χ2v) is 4.74. The van der Waals surface area contributed by atoms with Crippen LogP contribution in [0.25, 0.3) is 0 Å². The maximum absolute atomic E-state index is 5.71. The van der Waals surface area contributed by atoms with Crippen LogP contribution < -0.4 is 5.32 Å². The molecule has 1 nitrogen and oxygen atoms in total. The van der Waals surface area contributed by atoms with Crippen LogP contribution in [-0.4, -0.2) is 12.4 Å². The molecule has 3 heteroatoms. The SMILES string of the molecule is CC(CCl)CNCc1cccc(Br)c1. The van der Waals surface area contributed by atoms with Crippen molar-refractivity contribution in [2.75, 3.05) is 12.4 Å². The third kappa shape index (κ3) is 4.45. The molecule has 0 spiro atoms. The summed E-state index contributed by atoms with van der Waals surface area (Å²) < 4.78 is 1.13. The summed E-state index contributed by atoms with van der Waals surface area (Å²) in [6, 6.07) is 8.32. The van der Waals surface area contributed by atoms with Crippen molar-refractivity contribution in [1.82, 2.24) is 5.32 Å². The third-order valence-corrected chi connectivity index (χ3v) is 2.99. The fraction of sp³-hybridized carbons (Fsp3) is 0.455. The zero-order valence-electron chi connectivity index (χ0n) is 8.26. The molecule has 78 valence electrons. The smallest absolute Gasteiger partial charge is 0.0261 e. The molecule has 0 amide bonds. The van der Waals surface area contributed by atoms with E-state index in [1.807, 2.05) is 12.1 Å². The number of rotatable bonds is 5. The minimum Gasteiger partial charge on any atom is -0.312 e. The van der Waals surface area contributed by atoms with Crippen molar-refractivity contribution in [3.63, 3.8) is 0 Å². The van der Waals surface area contributed by atoms with Crippen molar-refractivity contribution in [1.29, 1.82) is 0 Å². The van der Waals surface area contributed by atoms with E-state index in [1.54, 1.807) is 0 Å². The Morgan fingerprint density at radius 1 is 1.50 bits per heavy atom. The number of halogens is 2. The highest BCUT2D eigenvalue weighted by molar-refractivity contribution is 9.10. The van der Waals surface area contributed by atoms with Crippen LogP contribution in [0, 0.1) is 5.92 Å². The molecule has 0 heterocycles. The van der Waals surface area contributed by atoms with E-state index in [0.29, 0.717) is 11.8 Å². The van der Waals surface area contributed by atoms with E-state index in [9.17, 15) is 0 Å². The fourth-order valence-electron chi connectivity index (χ4n) is 1.16. The molecule has 0 aromatic heterocycles. The molecule has 1 aromatic carbocycles. The molecule has 0 bridgehead atoms. The van der Waals surface area contributed by atoms with E-state index in [2.05, 4.69) is 40.3 Å². The number of hydrogen-bond acceptors (Lipinski definition) is 1. The van der Waals surface area contributed by atoms with Gasteiger partial charge in [-0.25, -0.2) is 0 Å². The predicted molar refractivity (Wildman–Crippen MR) is 65.7 cm³/mol. The lowest BCUT2D eigenvalue weighted by Gasteiger charge is -2.09. The second-order valence-electron chi connectivity index (χ2n) is 3.52. The van der Waals surface area contributed by atoms with Gasteiger partial charge < -0.3 is 5.32 Å². The Balaban J connectivity index is 2.31. The average Bonchev–Trinajstić information content (AvgIpc) is 2.17. The minimum absolute atomic E-state index is 0.531. The van der Waals surface area contributed by atoms with E-state index in [0.717, 1.165) is 17.6 Å². The van der Waals surface area contributed by atoms with Gasteiger partial charge in [0.1, 0.15) is 0 Å². The first kappa shape index (κ1) is 12.0. The van der Waals surface area contributed by atoms with Gasteiger partial charge in [0.2, 0.25) is 0 Å². The summed E-state index contributed by atoms with van der Waals surface area (Å²) in [6.45, 7) is 4.01. The van der Waals surface area contributed by atoms with Crippen molar-refractivity contribution < 1.29 is 0 Å². The van der Waals surface area contributed by atoms with Gasteiger partial charge in [-0.2, -0.15) is 0 Å². The Kier molecular flexibility index (Phi) is 5.53. The molecule has 1 atom stereocenters. The maximum atomic E-state index is 5.71. The van der Waals surface area contributed by atoms with E-state index in [1.165, 1.54) is 5.56 Å². The molecule has 0 fully saturated rings. The largest absolute Gasteiger partial charge is 0.312 e. The van der Waals surface area contributed by atoms with Crippen molar-refractivity contribution in [2.45, 2.75) is 13.5 Å². The lowest BCUT2D eigenvalue weighted by atomic mass is 10.2. The molecule has 0 saturated heterocycles. The first-order chi connectivity index (χ1) is 6.72. The van der Waals surface area contributed by atoms with Crippen LogP contribution in [0.15, 0.2) is 28.7 Å². The molecule has 1 unspecified atom stereocenters. The monoisotopic (exact) mass is 275 g/mol. The Bertz CT molecular complexity index is 278. The minimum atomic E-state index is 0.531. The van der Waals surface area contributed by atoms with E-state index >= 15 is 0 Å². The van der Waals surface area contributed by atoms with Crippen molar-refractivity contribution in [2.24, 2.45) is 5.92 Å². The van der Waals surface area contributed by atoms with Crippen LogP contribution in [0.3, 0.4) is 0 Å². The van der Waals surface area contributed by atoms with Crippen LogP contribution in [0.2, 0.25) is 0 Å². The predicted octanol–water partition coefficient (Wildman–Crippen LogP) is 3.41. The molecule has 0 saturated carbocycles. The quantitative estimate of drug-likeness (QED) is 0.813. The van der Waals surface area contributed by atoms with Crippen molar-refractivity contribution in [3.8, 4) is 0 Å². The third-order valence-electron chi connectivity index (χ3n) is 1.97. The zero-order chi connectivity index (χ0) is 10.4. The average molecular weight is 277 g/mol. The van der Waals surface area contributed by atoms with Gasteiger partial charge in [-0.05, 0) is 30.2 Å². The van der Waals surface area contributed by atoms with E-state index < -0.39 is 0 Å². The number of hydrogen-bond donors (Lipinski definition) is 1. The fourth-order valence-corrected chi connectivity index (χ4v) is 1.72. The highest BCUT2D eigenvalue weighted by atomic mass is 79.9. The van der Waals surface area contributed by atoms with Crippen LogP contribution in [0.1, 0.15) is 12.5 Å². The van der Waals surface area contributed by atoms with Crippen LogP contribution in [0.5, 0.6) is 0 Å². The molecular formula is C11H15BrClN. The first-order valence-corrected chi connectivity index (χ1v) is 6.06. The number of nitrogens with one attached hydrogen (secondary N) is 1. The molecular weight excluding hydrogens is 261 g/mol. The van der Waals surface area contributed by atoms with Gasteiger partial charge in [0.15, 0.2) is 0 Å². The summed E-state index contributed by atoms with van der Waals surface area (Å²) >= 11 is 9.16. The molecule has 0 aliphatic rings. The van der Waals surface area contributed by atoms with Gasteiger partial charge in [0, 0.05) is 16.9 Å². The van der Waals surface area contributed by atoms with Gasteiger partial charge in [0.25, 0.3) is 0 Å². The summed E-state index contributed by atoms with van der Waals surface area (Å²) in [6.07, 6.45) is 0. The second kappa shape index (κ2) is 6.44. The summed E-state index contributed by atoms with van der Waals surface area (Å²) in [4.78, 5) is 0. The molecule has 1 N–H and O–H groups in total. The first-order valence-electron chi connectivity index (χ1n) is 4.73. The summed E-state index contributed by atoms with van der Waals surface area (Å²) in [5.41, 5.74) is 1.29. The summed E-state index contributed by atoms with van der Waals surface area (Å²) in [5.74, 6) is 1.25. The molecule has 0 radical (unpaired) electrons. The highest BCUT2D eigenvalue weighted by Gasteiger charge is 1.99. The number of benzene rings is 1. The molecule has 1 aromatic rings. The molecule has 1 rings (SSSR count). The lowest BCUT2D eigenvalue weighted by Crippen LogP contribution is -2.21. The van der Waals surface area contributed by atoms with Crippen molar-refractivity contribution >= 4 is 27.5 Å². The molecule has 0 aliphatic carbocycles. The molecule has 0 aliphatic heterocycles. The van der Waals surface area contributed by atoms with Crippen molar-refractivity contribution in [3.05, 3.63) is 34.3 Å². The Hall–Kier alpha value is -0.0500. The van der Waals surface area contributed by atoms with E-state index in [-0.39, 0.29) is 0 Å².